The van der Waals surface area contributed by atoms with E-state index in [-0.39, 0.29) is 5.78 Å². The lowest BCUT2D eigenvalue weighted by atomic mass is 9.12. The summed E-state index contributed by atoms with van der Waals surface area (Å²) in [5.74, 6) is -71.2. The Morgan fingerprint density at radius 2 is 0.590 bits per heavy atom. The number of aryl methyl sites for hydroxylation is 1. The first-order valence-electron chi connectivity index (χ1n) is 24.8. The van der Waals surface area contributed by atoms with Crippen LogP contribution in [0.5, 0.6) is 0 Å². The van der Waals surface area contributed by atoms with Crippen LogP contribution >= 0.6 is 0 Å². The van der Waals surface area contributed by atoms with E-state index in [1.165, 1.54) is 108 Å². The molecule has 0 aliphatic carbocycles. The third kappa shape index (κ3) is 13.0. The number of nitrogens with zero attached hydrogens (tertiary/aromatic N) is 1. The lowest BCUT2D eigenvalue weighted by molar-refractivity contribution is -0.690. The molecule has 0 fully saturated rings. The van der Waals surface area contributed by atoms with Gasteiger partial charge in [0.2, 0.25) is 12.3 Å². The summed E-state index contributed by atoms with van der Waals surface area (Å²) in [7, 11) is 0. The number of Topliss-reactive ketones (excluding diaryl/α,β-unsaturated/α-hetero) is 1. The Morgan fingerprint density at radius 1 is 0.333 bits per heavy atom. The first kappa shape index (κ1) is 62.4. The predicted molar refractivity (Wildman–Crippen MR) is 250 cm³/mol. The molecule has 78 heavy (non-hydrogen) atoms. The smallest absolute Gasteiger partial charge is 0.227 e. The zero-order valence-corrected chi connectivity index (χ0v) is 41.4. The summed E-state index contributed by atoms with van der Waals surface area (Å²) in [5, 5.41) is 0. The van der Waals surface area contributed by atoms with Gasteiger partial charge in [0.15, 0.2) is 81.7 Å². The monoisotopic (exact) mass is 1130 g/mol. The lowest BCUT2D eigenvalue weighted by Crippen LogP contribution is -2.81. The van der Waals surface area contributed by atoms with Crippen molar-refractivity contribution in [2.24, 2.45) is 0 Å². The minimum Gasteiger partial charge on any atom is -0.287 e. The van der Waals surface area contributed by atoms with Crippen LogP contribution in [0.2, 0.25) is 0 Å². The fourth-order valence-electron chi connectivity index (χ4n) is 9.49. The summed E-state index contributed by atoms with van der Waals surface area (Å²) >= 11 is 0. The summed E-state index contributed by atoms with van der Waals surface area (Å²) in [5.41, 5.74) is -12.3. The van der Waals surface area contributed by atoms with Crippen LogP contribution in [0.1, 0.15) is 126 Å². The number of benzene rings is 5. The number of carbonyl (C=O) groups excluding carboxylic acids is 1. The Kier molecular flexibility index (Phi) is 22.4. The molecule has 0 spiro atoms. The average molecular weight is 1130 g/mol. The Morgan fingerprint density at radius 3 is 0.885 bits per heavy atom. The minimum absolute atomic E-state index is 0.181. The van der Waals surface area contributed by atoms with Gasteiger partial charge in [0.1, 0.15) is 52.7 Å². The van der Waals surface area contributed by atoms with Gasteiger partial charge in [-0.25, -0.2) is 87.8 Å². The fourth-order valence-corrected chi connectivity index (χ4v) is 9.49. The van der Waals surface area contributed by atoms with Crippen molar-refractivity contribution >= 4 is 33.8 Å². The summed E-state index contributed by atoms with van der Waals surface area (Å²) in [4.78, 5) is 12.6. The molecule has 0 amide bonds. The second-order valence-electron chi connectivity index (χ2n) is 18.5. The second-order valence-corrected chi connectivity index (χ2v) is 18.5. The normalized spacial score (nSPS) is 11.6. The van der Waals surface area contributed by atoms with Crippen molar-refractivity contribution in [3.05, 3.63) is 182 Å². The summed E-state index contributed by atoms with van der Waals surface area (Å²) < 4.78 is 296. The molecule has 6 aromatic rings. The third-order valence-corrected chi connectivity index (χ3v) is 13.4. The van der Waals surface area contributed by atoms with Gasteiger partial charge in [-0.05, 0) is 6.42 Å². The van der Waals surface area contributed by atoms with Crippen molar-refractivity contribution in [3.8, 4) is 0 Å². The number of unbranched alkanes of at least 4 members (excludes halogenated alkanes) is 15. The lowest BCUT2D eigenvalue weighted by Gasteiger charge is -2.44. The molecule has 0 saturated heterocycles. The van der Waals surface area contributed by atoms with Gasteiger partial charge in [0, 0.05) is 24.1 Å². The van der Waals surface area contributed by atoms with Gasteiger partial charge in [0.05, 0.1) is 0 Å². The summed E-state index contributed by atoms with van der Waals surface area (Å²) in [6, 6.07) is 15.9. The van der Waals surface area contributed by atoms with E-state index in [1.807, 2.05) is 42.6 Å². The average Bonchev–Trinajstić information content (AvgIpc) is 3.37. The van der Waals surface area contributed by atoms with Crippen molar-refractivity contribution in [1.82, 2.24) is 0 Å². The maximum Gasteiger partial charge on any atom is 0.227 e. The second kappa shape index (κ2) is 27.9. The Labute approximate surface area is 435 Å². The number of hydrogen-bond acceptors (Lipinski definition) is 1. The van der Waals surface area contributed by atoms with Crippen LogP contribution in [0.3, 0.4) is 0 Å². The van der Waals surface area contributed by atoms with E-state index < -0.39 is 144 Å². The predicted octanol–water partition coefficient (Wildman–Crippen LogP) is 14.5. The molecule has 5 aromatic carbocycles. The van der Waals surface area contributed by atoms with Crippen LogP contribution in [-0.2, 0) is 13.0 Å². The zero-order valence-electron chi connectivity index (χ0n) is 41.4. The van der Waals surface area contributed by atoms with Gasteiger partial charge < -0.3 is 0 Å². The number of rotatable bonds is 24. The van der Waals surface area contributed by atoms with E-state index in [4.69, 9.17) is 0 Å². The third-order valence-electron chi connectivity index (χ3n) is 13.4. The number of hydrogen-bond donors (Lipinski definition) is 0. The molecule has 0 radical (unpaired) electrons. The van der Waals surface area contributed by atoms with E-state index >= 15 is 35.1 Å². The Balaban J connectivity index is 0.000000302. The highest BCUT2D eigenvalue weighted by Crippen LogP contribution is 2.31. The highest BCUT2D eigenvalue weighted by Gasteiger charge is 2.52. The number of halogens is 20. The van der Waals surface area contributed by atoms with Gasteiger partial charge in [-0.1, -0.05) is 140 Å². The molecular weight excluding hydrogens is 1080 g/mol. The molecule has 0 unspecified atom stereocenters. The van der Waals surface area contributed by atoms with Gasteiger partial charge in [-0.15, -0.1) is 21.9 Å². The van der Waals surface area contributed by atoms with E-state index in [2.05, 4.69) is 23.6 Å². The van der Waals surface area contributed by atoms with Gasteiger partial charge in [-0.3, -0.25) is 4.79 Å². The topological polar surface area (TPSA) is 20.9 Å². The first-order valence-corrected chi connectivity index (χ1v) is 24.8. The molecule has 0 bridgehead atoms. The largest absolute Gasteiger partial charge is 0.287 e. The van der Waals surface area contributed by atoms with Crippen LogP contribution in [0, 0.1) is 116 Å². The molecule has 422 valence electrons. The maximum absolute atomic E-state index is 15.4. The summed E-state index contributed by atoms with van der Waals surface area (Å²) in [6.45, 7) is 2.72. The van der Waals surface area contributed by atoms with Crippen LogP contribution < -0.4 is 26.4 Å². The Hall–Kier alpha value is -6.42. The quantitative estimate of drug-likeness (QED) is 0.0113. The van der Waals surface area contributed by atoms with Crippen LogP contribution in [0.15, 0.2) is 54.7 Å². The highest BCUT2D eigenvalue weighted by molar-refractivity contribution is 7.20. The van der Waals surface area contributed by atoms with Crippen molar-refractivity contribution in [2.45, 2.75) is 123 Å². The Bertz CT molecular complexity index is 2700. The number of aromatic nitrogens is 1. The van der Waals surface area contributed by atoms with Gasteiger partial charge in [0.25, 0.3) is 0 Å². The molecule has 2 nitrogen and oxygen atoms in total. The number of carbonyl (C=O) groups is 1. The molecule has 23 heteroatoms. The van der Waals surface area contributed by atoms with E-state index in [0.29, 0.717) is 6.54 Å². The van der Waals surface area contributed by atoms with Crippen molar-refractivity contribution in [1.29, 1.82) is 0 Å². The van der Waals surface area contributed by atoms with Crippen LogP contribution in [0.4, 0.5) is 87.8 Å². The molecule has 0 aliphatic rings. The molecule has 1 heterocycles. The number of pyridine rings is 1. The molecule has 1 aromatic heterocycles. The molecule has 0 N–H and O–H groups in total. The van der Waals surface area contributed by atoms with E-state index in [1.54, 1.807) is 0 Å². The first-order chi connectivity index (χ1) is 37.0. The SMILES string of the molecule is CCCCCCCCCCCCCCCCCCc1cccc[n+]1CC(=O)c1ccccc1.Fc1c(F)c(F)c([B-](c2c(F)c(F)c(F)c(F)c2F)(c2c(F)c(F)c(F)c(F)c2F)c2c(F)c(F)c(F)c(F)c2F)c(F)c1F. The van der Waals surface area contributed by atoms with Gasteiger partial charge >= 0.3 is 0 Å². The van der Waals surface area contributed by atoms with Gasteiger partial charge in [-0.2, -0.15) is 4.57 Å². The number of ketones is 1. The van der Waals surface area contributed by atoms with Crippen molar-refractivity contribution in [2.75, 3.05) is 0 Å². The van der Waals surface area contributed by atoms with E-state index in [0.717, 1.165) is 12.0 Å². The fraction of sp³-hybridized carbons (Fsp3) is 0.345. The zero-order chi connectivity index (χ0) is 57.8. The molecule has 6 rings (SSSR count). The summed E-state index contributed by atoms with van der Waals surface area (Å²) in [6.07, 6.45) is 18.2. The van der Waals surface area contributed by atoms with Crippen molar-refractivity contribution in [3.63, 3.8) is 0 Å². The minimum atomic E-state index is -7.22. The highest BCUT2D eigenvalue weighted by atomic mass is 19.2. The van der Waals surface area contributed by atoms with Crippen LogP contribution in [-0.4, -0.2) is 11.9 Å². The van der Waals surface area contributed by atoms with Crippen LogP contribution in [0.25, 0.3) is 0 Å². The maximum atomic E-state index is 15.4. The standard InChI is InChI=1S/C31H48NO.C24BF20/c1-2-3-4-5-6-7-8-9-10-11-12-13-14-15-16-20-25-30-26-21-22-27-32(30)28-31(33)29-23-18-17-19-24-29;26-5-1(6(27)14(35)21(42)13(5)34)25(2-7(28)15(36)22(43)16(37)8(2)29,3-9(30)17(38)23(44)18(39)10(3)31)4-11(32)19(40)24(45)20(41)12(4)33/h17-19,21-24,26-27H,2-16,20,25,28H2,1H3;/q+1;-1. The van der Waals surface area contributed by atoms with E-state index in [9.17, 15) is 57.5 Å². The molecule has 0 saturated carbocycles. The molecule has 0 aliphatic heterocycles. The van der Waals surface area contributed by atoms with Crippen molar-refractivity contribution < 1.29 is 97.2 Å². The molecular formula is C55H48BF20NO. The molecule has 0 atom stereocenters.